The molecule has 0 fully saturated rings. The van der Waals surface area contributed by atoms with E-state index in [1.165, 1.54) is 0 Å². The van der Waals surface area contributed by atoms with Crippen molar-refractivity contribution in [2.75, 3.05) is 11.6 Å². The topological polar surface area (TPSA) is 34.0 Å². The van der Waals surface area contributed by atoms with Crippen molar-refractivity contribution >= 4 is 23.4 Å². The lowest BCUT2D eigenvalue weighted by Gasteiger charge is -2.13. The van der Waals surface area contributed by atoms with Gasteiger partial charge >= 0.3 is 0 Å². The molecule has 1 heterocycles. The Bertz CT molecular complexity index is 659. The molecule has 0 radical (unpaired) electrons. The molecule has 0 unspecified atom stereocenters. The summed E-state index contributed by atoms with van der Waals surface area (Å²) in [6.45, 7) is 8.30. The van der Waals surface area contributed by atoms with Crippen LogP contribution >= 0.6 is 11.8 Å². The molecule has 2 rings (SSSR count). The van der Waals surface area contributed by atoms with Crippen LogP contribution in [0.15, 0.2) is 35.2 Å². The van der Waals surface area contributed by atoms with Gasteiger partial charge in [-0.2, -0.15) is 0 Å². The standard InChI is InChI=1S/C17H22N2OS/c1-11(2)19-12(3)9-16(13(19)4)17(20)18-14-7-6-8-15(10-14)21-5/h6-11H,1-5H3,(H,18,20). The molecule has 2 aromatic rings. The SMILES string of the molecule is CSc1cccc(NC(=O)c2cc(C)n(C(C)C)c2C)c1. The number of nitrogens with zero attached hydrogens (tertiary/aromatic N) is 1. The Morgan fingerprint density at radius 3 is 2.52 bits per heavy atom. The zero-order valence-electron chi connectivity index (χ0n) is 13.2. The molecule has 0 saturated carbocycles. The van der Waals surface area contributed by atoms with Crippen LogP contribution in [0.25, 0.3) is 0 Å². The molecule has 1 aromatic carbocycles. The number of hydrogen-bond donors (Lipinski definition) is 1. The minimum absolute atomic E-state index is 0.0479. The van der Waals surface area contributed by atoms with Gasteiger partial charge in [-0.3, -0.25) is 4.79 Å². The summed E-state index contributed by atoms with van der Waals surface area (Å²) >= 11 is 1.66. The van der Waals surface area contributed by atoms with E-state index in [0.717, 1.165) is 27.5 Å². The lowest BCUT2D eigenvalue weighted by atomic mass is 10.2. The maximum absolute atomic E-state index is 12.5. The highest BCUT2D eigenvalue weighted by Crippen LogP contribution is 2.23. The third-order valence-corrected chi connectivity index (χ3v) is 4.30. The Morgan fingerprint density at radius 1 is 1.24 bits per heavy atom. The number of carbonyl (C=O) groups excluding carboxylic acids is 1. The number of hydrogen-bond acceptors (Lipinski definition) is 2. The van der Waals surface area contributed by atoms with E-state index in [0.29, 0.717) is 6.04 Å². The Balaban J connectivity index is 2.26. The van der Waals surface area contributed by atoms with Crippen LogP contribution in [-0.4, -0.2) is 16.7 Å². The predicted molar refractivity (Wildman–Crippen MR) is 90.5 cm³/mol. The first-order valence-corrected chi connectivity index (χ1v) is 8.30. The maximum Gasteiger partial charge on any atom is 0.257 e. The number of benzene rings is 1. The summed E-state index contributed by atoms with van der Waals surface area (Å²) in [6, 6.07) is 10.2. The summed E-state index contributed by atoms with van der Waals surface area (Å²) in [4.78, 5) is 13.6. The number of rotatable bonds is 4. The van der Waals surface area contributed by atoms with E-state index in [4.69, 9.17) is 0 Å². The minimum atomic E-state index is -0.0479. The summed E-state index contributed by atoms with van der Waals surface area (Å²) in [5.74, 6) is -0.0479. The number of carbonyl (C=O) groups is 1. The molecule has 0 aliphatic rings. The van der Waals surface area contributed by atoms with E-state index in [1.54, 1.807) is 11.8 Å². The van der Waals surface area contributed by atoms with Gasteiger partial charge in [0.2, 0.25) is 0 Å². The molecular weight excluding hydrogens is 280 g/mol. The van der Waals surface area contributed by atoms with E-state index in [9.17, 15) is 4.79 Å². The van der Waals surface area contributed by atoms with Crippen LogP contribution in [-0.2, 0) is 0 Å². The van der Waals surface area contributed by atoms with Crippen LogP contribution in [0, 0.1) is 13.8 Å². The first-order chi connectivity index (χ1) is 9.93. The normalized spacial score (nSPS) is 11.0. The van der Waals surface area contributed by atoms with Crippen molar-refractivity contribution in [3.8, 4) is 0 Å². The number of aryl methyl sites for hydroxylation is 1. The summed E-state index contributed by atoms with van der Waals surface area (Å²) in [7, 11) is 0. The Labute approximate surface area is 130 Å². The van der Waals surface area contributed by atoms with Gasteiger partial charge in [-0.1, -0.05) is 6.07 Å². The molecule has 3 nitrogen and oxygen atoms in total. The quantitative estimate of drug-likeness (QED) is 0.833. The largest absolute Gasteiger partial charge is 0.346 e. The lowest BCUT2D eigenvalue weighted by molar-refractivity contribution is 0.102. The van der Waals surface area contributed by atoms with Crippen molar-refractivity contribution in [2.24, 2.45) is 0 Å². The minimum Gasteiger partial charge on any atom is -0.346 e. The highest BCUT2D eigenvalue weighted by molar-refractivity contribution is 7.98. The van der Waals surface area contributed by atoms with Crippen LogP contribution < -0.4 is 5.32 Å². The number of nitrogens with one attached hydrogen (secondary N) is 1. The zero-order valence-corrected chi connectivity index (χ0v) is 14.0. The van der Waals surface area contributed by atoms with Gasteiger partial charge < -0.3 is 9.88 Å². The van der Waals surface area contributed by atoms with Crippen LogP contribution in [0.2, 0.25) is 0 Å². The molecule has 1 aromatic heterocycles. The van der Waals surface area contributed by atoms with Crippen LogP contribution in [0.4, 0.5) is 5.69 Å². The third kappa shape index (κ3) is 3.32. The highest BCUT2D eigenvalue weighted by Gasteiger charge is 2.17. The van der Waals surface area contributed by atoms with Crippen LogP contribution in [0.3, 0.4) is 0 Å². The van der Waals surface area contributed by atoms with E-state index in [1.807, 2.05) is 50.4 Å². The van der Waals surface area contributed by atoms with E-state index < -0.39 is 0 Å². The van der Waals surface area contributed by atoms with E-state index >= 15 is 0 Å². The molecule has 0 spiro atoms. The smallest absolute Gasteiger partial charge is 0.257 e. The lowest BCUT2D eigenvalue weighted by Crippen LogP contribution is -2.13. The van der Waals surface area contributed by atoms with Crippen LogP contribution in [0.5, 0.6) is 0 Å². The first-order valence-electron chi connectivity index (χ1n) is 7.08. The first kappa shape index (κ1) is 15.7. The summed E-state index contributed by atoms with van der Waals surface area (Å²) in [6.07, 6.45) is 2.02. The molecule has 21 heavy (non-hydrogen) atoms. The van der Waals surface area contributed by atoms with Gasteiger partial charge in [0, 0.05) is 28.0 Å². The second-order valence-corrected chi connectivity index (χ2v) is 6.31. The molecule has 1 N–H and O–H groups in total. The molecule has 0 aliphatic carbocycles. The maximum atomic E-state index is 12.5. The second-order valence-electron chi connectivity index (χ2n) is 5.43. The fourth-order valence-electron chi connectivity index (χ4n) is 2.70. The van der Waals surface area contributed by atoms with Crippen molar-refractivity contribution in [3.05, 3.63) is 47.3 Å². The molecule has 0 saturated heterocycles. The van der Waals surface area contributed by atoms with Gasteiger partial charge in [0.1, 0.15) is 0 Å². The third-order valence-electron chi connectivity index (χ3n) is 3.57. The van der Waals surface area contributed by atoms with E-state index in [2.05, 4.69) is 23.7 Å². The molecule has 4 heteroatoms. The average Bonchev–Trinajstić information content (AvgIpc) is 2.74. The average molecular weight is 302 g/mol. The van der Waals surface area contributed by atoms with Gasteiger partial charge in [0.25, 0.3) is 5.91 Å². The molecule has 1 amide bonds. The monoisotopic (exact) mass is 302 g/mol. The van der Waals surface area contributed by atoms with Crippen molar-refractivity contribution in [2.45, 2.75) is 38.6 Å². The van der Waals surface area contributed by atoms with Crippen molar-refractivity contribution in [1.82, 2.24) is 4.57 Å². The molecule has 0 aliphatic heterocycles. The molecule has 0 bridgehead atoms. The number of amides is 1. The fraction of sp³-hybridized carbons (Fsp3) is 0.353. The van der Waals surface area contributed by atoms with Gasteiger partial charge in [0.15, 0.2) is 0 Å². The summed E-state index contributed by atoms with van der Waals surface area (Å²) < 4.78 is 2.19. The number of anilines is 1. The van der Waals surface area contributed by atoms with Crippen molar-refractivity contribution < 1.29 is 4.79 Å². The van der Waals surface area contributed by atoms with Crippen molar-refractivity contribution in [3.63, 3.8) is 0 Å². The van der Waals surface area contributed by atoms with Gasteiger partial charge in [-0.15, -0.1) is 11.8 Å². The highest BCUT2D eigenvalue weighted by atomic mass is 32.2. The zero-order chi connectivity index (χ0) is 15.6. The van der Waals surface area contributed by atoms with E-state index in [-0.39, 0.29) is 5.91 Å². The summed E-state index contributed by atoms with van der Waals surface area (Å²) in [5.41, 5.74) is 3.71. The van der Waals surface area contributed by atoms with Gasteiger partial charge in [0.05, 0.1) is 5.56 Å². The Hall–Kier alpha value is -1.68. The number of aromatic nitrogens is 1. The molecule has 0 atom stereocenters. The number of thioether (sulfide) groups is 1. The fourth-order valence-corrected chi connectivity index (χ4v) is 3.16. The molecule has 112 valence electrons. The van der Waals surface area contributed by atoms with Gasteiger partial charge in [-0.05, 0) is 58.2 Å². The Kier molecular flexibility index (Phi) is 4.78. The molecular formula is C17H22N2OS. The van der Waals surface area contributed by atoms with Crippen molar-refractivity contribution in [1.29, 1.82) is 0 Å². The summed E-state index contributed by atoms with van der Waals surface area (Å²) in [5, 5.41) is 2.99. The van der Waals surface area contributed by atoms with Gasteiger partial charge in [-0.25, -0.2) is 0 Å². The van der Waals surface area contributed by atoms with Crippen LogP contribution in [0.1, 0.15) is 41.6 Å². The second kappa shape index (κ2) is 6.39. The Morgan fingerprint density at radius 2 is 1.95 bits per heavy atom. The predicted octanol–water partition coefficient (Wildman–Crippen LogP) is 4.66.